The van der Waals surface area contributed by atoms with E-state index in [-0.39, 0.29) is 25.2 Å². The van der Waals surface area contributed by atoms with Crippen LogP contribution in [0.3, 0.4) is 0 Å². The maximum atomic E-state index is 14.7. The molecule has 26 heavy (non-hydrogen) atoms. The van der Waals surface area contributed by atoms with E-state index < -0.39 is 49.1 Å². The lowest BCUT2D eigenvalue weighted by Gasteiger charge is -2.29. The number of nitrogens with two attached hydrogens (primary N) is 1. The third-order valence-electron chi connectivity index (χ3n) is 4.79. The van der Waals surface area contributed by atoms with Crippen LogP contribution < -0.4 is 10.5 Å². The van der Waals surface area contributed by atoms with Crippen molar-refractivity contribution in [2.45, 2.75) is 54.6 Å². The number of sulfone groups is 1. The van der Waals surface area contributed by atoms with Crippen molar-refractivity contribution in [3.8, 4) is 5.75 Å². The van der Waals surface area contributed by atoms with Crippen molar-refractivity contribution in [1.82, 2.24) is 0 Å². The molecule has 2 N–H and O–H groups in total. The maximum absolute atomic E-state index is 14.7. The molecule has 1 atom stereocenters. The Hall–Kier alpha value is -1.77. The number of primary amides is 1. The van der Waals surface area contributed by atoms with E-state index in [1.165, 1.54) is 6.07 Å². The summed E-state index contributed by atoms with van der Waals surface area (Å²) in [6, 6.07) is 2.22. The molecule has 2 aliphatic rings. The zero-order chi connectivity index (χ0) is 19.1. The van der Waals surface area contributed by atoms with Crippen molar-refractivity contribution in [3.63, 3.8) is 0 Å². The highest BCUT2D eigenvalue weighted by Crippen LogP contribution is 2.41. The smallest absolute Gasteiger partial charge is 0.251 e. The van der Waals surface area contributed by atoms with Crippen LogP contribution >= 0.6 is 0 Å². The molecule has 1 aromatic carbocycles. The number of carbonyl (C=O) groups is 1. The summed E-state index contributed by atoms with van der Waals surface area (Å²) in [5, 5.41) is -0.721. The number of benzene rings is 1. The first kappa shape index (κ1) is 19.0. The molecule has 0 radical (unpaired) electrons. The van der Waals surface area contributed by atoms with E-state index in [2.05, 4.69) is 0 Å². The van der Waals surface area contributed by atoms with Crippen LogP contribution in [0.2, 0.25) is 0 Å². The highest BCUT2D eigenvalue weighted by molar-refractivity contribution is 7.92. The van der Waals surface area contributed by atoms with Gasteiger partial charge in [0.25, 0.3) is 5.91 Å². The van der Waals surface area contributed by atoms with Gasteiger partial charge < -0.3 is 10.5 Å². The van der Waals surface area contributed by atoms with Crippen molar-refractivity contribution >= 4 is 15.7 Å². The molecule has 1 aromatic rings. The van der Waals surface area contributed by atoms with Crippen LogP contribution in [-0.2, 0) is 9.84 Å². The molecule has 0 spiro atoms. The van der Waals surface area contributed by atoms with Gasteiger partial charge in [0.2, 0.25) is 5.92 Å². The number of carbonyl (C=O) groups excluding carboxylic acids is 1. The number of rotatable bonds is 6. The topological polar surface area (TPSA) is 86.5 Å². The molecule has 5 nitrogen and oxygen atoms in total. The first-order chi connectivity index (χ1) is 12.1. The lowest BCUT2D eigenvalue weighted by molar-refractivity contribution is -0.0587. The van der Waals surface area contributed by atoms with E-state index in [0.29, 0.717) is 25.7 Å². The number of hydrogen-bond donors (Lipinski definition) is 1. The van der Waals surface area contributed by atoms with Gasteiger partial charge in [-0.2, -0.15) is 0 Å². The van der Waals surface area contributed by atoms with Crippen LogP contribution in [0.25, 0.3) is 0 Å². The fraction of sp³-hybridized carbons (Fsp3) is 0.588. The van der Waals surface area contributed by atoms with Gasteiger partial charge in [0.05, 0.1) is 17.4 Å². The molecule has 0 bridgehead atoms. The molecule has 9 heteroatoms. The van der Waals surface area contributed by atoms with Crippen molar-refractivity contribution in [1.29, 1.82) is 0 Å². The molecule has 0 saturated heterocycles. The SMILES string of the molecule is NC(=O)c1ccc(OCC2CCCC(F)(F)C2)c(S(=O)(=O)C2CC2)c1F. The minimum atomic E-state index is -4.01. The molecule has 0 aromatic heterocycles. The van der Waals surface area contributed by atoms with Gasteiger partial charge in [-0.05, 0) is 43.7 Å². The van der Waals surface area contributed by atoms with Gasteiger partial charge in [-0.25, -0.2) is 21.6 Å². The Kier molecular flexibility index (Phi) is 4.94. The van der Waals surface area contributed by atoms with Crippen LogP contribution in [0, 0.1) is 11.7 Å². The molecule has 3 rings (SSSR count). The van der Waals surface area contributed by atoms with Gasteiger partial charge in [0.1, 0.15) is 10.6 Å². The number of ether oxygens (including phenoxy) is 1. The van der Waals surface area contributed by atoms with Gasteiger partial charge in [-0.15, -0.1) is 0 Å². The lowest BCUT2D eigenvalue weighted by Crippen LogP contribution is -2.29. The molecule has 0 aliphatic heterocycles. The van der Waals surface area contributed by atoms with Gasteiger partial charge in [-0.3, -0.25) is 4.79 Å². The minimum Gasteiger partial charge on any atom is -0.492 e. The summed E-state index contributed by atoms with van der Waals surface area (Å²) >= 11 is 0. The highest BCUT2D eigenvalue weighted by atomic mass is 32.2. The molecule has 2 fully saturated rings. The van der Waals surface area contributed by atoms with E-state index >= 15 is 0 Å². The van der Waals surface area contributed by atoms with Gasteiger partial charge in [-0.1, -0.05) is 0 Å². The zero-order valence-corrected chi connectivity index (χ0v) is 14.8. The third-order valence-corrected chi connectivity index (χ3v) is 7.09. The normalized spacial score (nSPS) is 22.8. The maximum Gasteiger partial charge on any atom is 0.251 e. The molecule has 2 aliphatic carbocycles. The van der Waals surface area contributed by atoms with Crippen molar-refractivity contribution in [2.24, 2.45) is 11.7 Å². The predicted octanol–water partition coefficient (Wildman–Crippen LogP) is 3.07. The monoisotopic (exact) mass is 391 g/mol. The summed E-state index contributed by atoms with van der Waals surface area (Å²) in [5.74, 6) is -5.80. The van der Waals surface area contributed by atoms with Gasteiger partial charge in [0, 0.05) is 12.8 Å². The summed E-state index contributed by atoms with van der Waals surface area (Å²) in [6.45, 7) is -0.141. The zero-order valence-electron chi connectivity index (χ0n) is 14.0. The number of amides is 1. The predicted molar refractivity (Wildman–Crippen MR) is 87.5 cm³/mol. The van der Waals surface area contributed by atoms with E-state index in [0.717, 1.165) is 6.07 Å². The Morgan fingerprint density at radius 2 is 1.96 bits per heavy atom. The van der Waals surface area contributed by atoms with E-state index in [9.17, 15) is 26.4 Å². The minimum absolute atomic E-state index is 0.141. The lowest BCUT2D eigenvalue weighted by atomic mass is 9.87. The van der Waals surface area contributed by atoms with Crippen molar-refractivity contribution < 1.29 is 31.1 Å². The molecular weight excluding hydrogens is 371 g/mol. The fourth-order valence-corrected chi connectivity index (χ4v) is 5.14. The molecule has 0 heterocycles. The Bertz CT molecular complexity index is 822. The summed E-state index contributed by atoms with van der Waals surface area (Å²) in [7, 11) is -4.01. The van der Waals surface area contributed by atoms with Crippen molar-refractivity contribution in [2.75, 3.05) is 6.61 Å². The van der Waals surface area contributed by atoms with Crippen LogP contribution in [0.5, 0.6) is 5.75 Å². The van der Waals surface area contributed by atoms with Crippen LogP contribution in [0.1, 0.15) is 48.9 Å². The first-order valence-corrected chi connectivity index (χ1v) is 10.0. The molecule has 1 unspecified atom stereocenters. The second kappa shape index (κ2) is 6.75. The van der Waals surface area contributed by atoms with Crippen molar-refractivity contribution in [3.05, 3.63) is 23.5 Å². The Morgan fingerprint density at radius 3 is 2.54 bits per heavy atom. The summed E-state index contributed by atoms with van der Waals surface area (Å²) in [5.41, 5.74) is 4.55. The molecule has 2 saturated carbocycles. The second-order valence-corrected chi connectivity index (χ2v) is 9.16. The highest BCUT2D eigenvalue weighted by Gasteiger charge is 2.42. The van der Waals surface area contributed by atoms with Crippen LogP contribution in [0.4, 0.5) is 13.2 Å². The van der Waals surface area contributed by atoms with E-state index in [1.807, 2.05) is 0 Å². The average molecular weight is 391 g/mol. The van der Waals surface area contributed by atoms with Crippen LogP contribution in [-0.4, -0.2) is 32.1 Å². The number of halogens is 3. The molecule has 144 valence electrons. The Morgan fingerprint density at radius 1 is 1.27 bits per heavy atom. The fourth-order valence-electron chi connectivity index (χ4n) is 3.28. The van der Waals surface area contributed by atoms with Crippen LogP contribution in [0.15, 0.2) is 17.0 Å². The van der Waals surface area contributed by atoms with Gasteiger partial charge in [0.15, 0.2) is 15.7 Å². The third kappa shape index (κ3) is 3.82. The van der Waals surface area contributed by atoms with Gasteiger partial charge >= 0.3 is 0 Å². The average Bonchev–Trinajstić information content (AvgIpc) is 3.36. The van der Waals surface area contributed by atoms with E-state index in [4.69, 9.17) is 10.5 Å². The number of alkyl halides is 2. The quantitative estimate of drug-likeness (QED) is 0.807. The molecular formula is C17H20F3NO4S. The largest absolute Gasteiger partial charge is 0.492 e. The Balaban J connectivity index is 1.89. The Labute approximate surface area is 149 Å². The number of hydrogen-bond acceptors (Lipinski definition) is 4. The first-order valence-electron chi connectivity index (χ1n) is 8.48. The molecule has 1 amide bonds. The van der Waals surface area contributed by atoms with E-state index in [1.54, 1.807) is 0 Å². The second-order valence-electron chi connectivity index (χ2n) is 6.99. The standard InChI is InChI=1S/C17H20F3NO4S/c18-14-12(16(21)22)5-6-13(15(14)26(23,24)11-3-4-11)25-9-10-2-1-7-17(19,20)8-10/h5-6,10-11H,1-4,7-9H2,(H2,21,22). The summed E-state index contributed by atoms with van der Waals surface area (Å²) in [4.78, 5) is 10.6. The summed E-state index contributed by atoms with van der Waals surface area (Å²) < 4.78 is 72.3. The summed E-state index contributed by atoms with van der Waals surface area (Å²) in [6.07, 6.45) is 1.16.